The first-order chi connectivity index (χ1) is 8.67. The number of halogens is 1. The van der Waals surface area contributed by atoms with Crippen molar-refractivity contribution >= 4 is 17.8 Å². The van der Waals surface area contributed by atoms with Crippen LogP contribution in [0, 0.1) is 34.5 Å². The van der Waals surface area contributed by atoms with E-state index >= 15 is 0 Å². The minimum absolute atomic E-state index is 0.233. The molecule has 0 spiro atoms. The van der Waals surface area contributed by atoms with Crippen LogP contribution in [-0.2, 0) is 23.8 Å². The normalized spacial score (nSPS) is 16.3. The molecule has 0 amide bonds. The van der Waals surface area contributed by atoms with E-state index in [4.69, 9.17) is 15.0 Å². The van der Waals surface area contributed by atoms with Crippen LogP contribution in [0.3, 0.4) is 0 Å². The first-order valence-electron chi connectivity index (χ1n) is 5.18. The smallest absolute Gasteiger partial charge is 0.312 e. The summed E-state index contributed by atoms with van der Waals surface area (Å²) in [5, 5.41) is 17.3. The van der Waals surface area contributed by atoms with Gasteiger partial charge in [-0.25, -0.2) is 0 Å². The van der Waals surface area contributed by atoms with Crippen LogP contribution in [-0.4, -0.2) is 34.0 Å². The molecule has 0 rings (SSSR count). The zero-order valence-electron chi connectivity index (χ0n) is 10.4. The van der Waals surface area contributed by atoms with Crippen molar-refractivity contribution in [2.24, 2.45) is 11.8 Å². The fourth-order valence-corrected chi connectivity index (χ4v) is 3.69. The highest BCUT2D eigenvalue weighted by Gasteiger charge is 2.28. The van der Waals surface area contributed by atoms with Gasteiger partial charge in [-0.1, -0.05) is 6.92 Å². The molecule has 0 saturated heterocycles. The number of nitrogens with zero attached hydrogens (tertiary/aromatic N) is 2. The molecule has 0 radical (unpaired) electrons. The van der Waals surface area contributed by atoms with Gasteiger partial charge in [0.15, 0.2) is 0 Å². The molecular formula is C9H14FN2O5PS. The number of nitriles is 2. The maximum Gasteiger partial charge on any atom is 0.331 e. The summed E-state index contributed by atoms with van der Waals surface area (Å²) in [5.74, 6) is -2.47. The van der Waals surface area contributed by atoms with Crippen molar-refractivity contribution in [2.45, 2.75) is 6.92 Å². The molecule has 2 unspecified atom stereocenters. The second kappa shape index (κ2) is 7.56. The lowest BCUT2D eigenvalue weighted by Gasteiger charge is -2.18. The first-order valence-corrected chi connectivity index (χ1v) is 8.46. The topological polar surface area (TPSA) is 117 Å². The molecule has 0 aromatic heterocycles. The van der Waals surface area contributed by atoms with Gasteiger partial charge in [0.2, 0.25) is 0 Å². The zero-order valence-corrected chi connectivity index (χ0v) is 12.2. The molecule has 0 N–H and O–H groups in total. The van der Waals surface area contributed by atoms with Crippen LogP contribution in [0.4, 0.5) is 3.89 Å². The summed E-state index contributed by atoms with van der Waals surface area (Å²) in [5.41, 5.74) is 0. The maximum atomic E-state index is 12.3. The molecular weight excluding hydrogens is 298 g/mol. The summed E-state index contributed by atoms with van der Waals surface area (Å²) >= 11 is 0. The summed E-state index contributed by atoms with van der Waals surface area (Å²) in [6, 6.07) is 3.47. The van der Waals surface area contributed by atoms with Crippen molar-refractivity contribution in [3.05, 3.63) is 0 Å². The van der Waals surface area contributed by atoms with E-state index in [2.05, 4.69) is 4.52 Å². The van der Waals surface area contributed by atoms with Gasteiger partial charge in [-0.3, -0.25) is 4.57 Å². The molecule has 0 aromatic carbocycles. The van der Waals surface area contributed by atoms with Crippen LogP contribution in [0.2, 0.25) is 0 Å². The van der Waals surface area contributed by atoms with Crippen molar-refractivity contribution in [1.29, 1.82) is 10.5 Å². The van der Waals surface area contributed by atoms with Gasteiger partial charge in [0.05, 0.1) is 30.7 Å². The maximum absolute atomic E-state index is 12.3. The summed E-state index contributed by atoms with van der Waals surface area (Å²) in [4.78, 5) is 0. The van der Waals surface area contributed by atoms with E-state index in [9.17, 15) is 16.9 Å². The Morgan fingerprint density at radius 1 is 1.37 bits per heavy atom. The van der Waals surface area contributed by atoms with Gasteiger partial charge in [0.25, 0.3) is 0 Å². The van der Waals surface area contributed by atoms with E-state index in [-0.39, 0.29) is 6.61 Å². The first kappa shape index (κ1) is 18.0. The third-order valence-electron chi connectivity index (χ3n) is 2.27. The van der Waals surface area contributed by atoms with Crippen LogP contribution in [0.5, 0.6) is 0 Å². The highest BCUT2D eigenvalue weighted by molar-refractivity contribution is 7.86. The standard InChI is InChI=1S/C9H14FN2O5PS/c1-8(9(5-11)6-12)7-17-18(13,16-2)3-4-19(10,14)15/h8-9H,3-4,7H2,1-2H3. The van der Waals surface area contributed by atoms with Gasteiger partial charge in [-0.2, -0.15) is 18.9 Å². The van der Waals surface area contributed by atoms with Gasteiger partial charge >= 0.3 is 17.8 Å². The third kappa shape index (κ3) is 7.24. The Kier molecular flexibility index (Phi) is 7.17. The number of rotatable bonds is 8. The summed E-state index contributed by atoms with van der Waals surface area (Å²) < 4.78 is 54.4. The van der Waals surface area contributed by atoms with E-state index in [0.717, 1.165) is 7.11 Å². The Balaban J connectivity index is 4.54. The summed E-state index contributed by atoms with van der Waals surface area (Å²) in [6.45, 7) is 1.30. The molecule has 7 nitrogen and oxygen atoms in total. The van der Waals surface area contributed by atoms with Gasteiger partial charge in [0, 0.05) is 13.0 Å². The van der Waals surface area contributed by atoms with E-state index < -0.39 is 41.6 Å². The largest absolute Gasteiger partial charge is 0.331 e. The molecule has 0 aliphatic carbocycles. The van der Waals surface area contributed by atoms with Crippen LogP contribution in [0.25, 0.3) is 0 Å². The Morgan fingerprint density at radius 3 is 2.26 bits per heavy atom. The fraction of sp³-hybridized carbons (Fsp3) is 0.778. The van der Waals surface area contributed by atoms with E-state index in [0.29, 0.717) is 0 Å². The lowest BCUT2D eigenvalue weighted by molar-refractivity contribution is 0.197. The molecule has 0 bridgehead atoms. The summed E-state index contributed by atoms with van der Waals surface area (Å²) in [6.07, 6.45) is -0.626. The Morgan fingerprint density at radius 2 is 1.89 bits per heavy atom. The lowest BCUT2D eigenvalue weighted by Crippen LogP contribution is -2.16. The summed E-state index contributed by atoms with van der Waals surface area (Å²) in [7, 11) is -7.47. The van der Waals surface area contributed by atoms with Gasteiger partial charge in [-0.15, -0.1) is 3.89 Å². The average molecular weight is 312 g/mol. The van der Waals surface area contributed by atoms with Crippen LogP contribution < -0.4 is 0 Å². The van der Waals surface area contributed by atoms with Crippen molar-refractivity contribution in [2.75, 3.05) is 25.6 Å². The number of hydrogen-bond acceptors (Lipinski definition) is 7. The minimum Gasteiger partial charge on any atom is -0.312 e. The molecule has 10 heteroatoms. The molecule has 0 aliphatic rings. The van der Waals surface area contributed by atoms with Gasteiger partial charge in [0.1, 0.15) is 5.92 Å². The van der Waals surface area contributed by atoms with Crippen LogP contribution >= 0.6 is 7.60 Å². The van der Waals surface area contributed by atoms with Crippen LogP contribution in [0.15, 0.2) is 0 Å². The molecule has 0 aromatic rings. The quantitative estimate of drug-likeness (QED) is 0.491. The molecule has 108 valence electrons. The molecule has 0 saturated carbocycles. The zero-order chi connectivity index (χ0) is 15.1. The SMILES string of the molecule is COP(=O)(CCS(=O)(=O)F)OCC(C)C(C#N)C#N. The molecule has 0 fully saturated rings. The minimum atomic E-state index is -4.77. The van der Waals surface area contributed by atoms with Crippen LogP contribution in [0.1, 0.15) is 6.92 Å². The molecule has 19 heavy (non-hydrogen) atoms. The highest BCUT2D eigenvalue weighted by atomic mass is 32.3. The predicted molar refractivity (Wildman–Crippen MR) is 64.2 cm³/mol. The lowest BCUT2D eigenvalue weighted by atomic mass is 9.98. The third-order valence-corrected chi connectivity index (χ3v) is 5.13. The van der Waals surface area contributed by atoms with Crippen molar-refractivity contribution in [3.63, 3.8) is 0 Å². The second-order valence-corrected chi connectivity index (χ2v) is 7.55. The predicted octanol–water partition coefficient (Wildman–Crippen LogP) is 1.44. The van der Waals surface area contributed by atoms with E-state index in [1.807, 2.05) is 0 Å². The van der Waals surface area contributed by atoms with Gasteiger partial charge < -0.3 is 9.05 Å². The van der Waals surface area contributed by atoms with E-state index in [1.54, 1.807) is 12.1 Å². The van der Waals surface area contributed by atoms with Crippen molar-refractivity contribution < 1.29 is 25.9 Å². The number of hydrogen-bond donors (Lipinski definition) is 0. The Labute approximate surface area is 111 Å². The van der Waals surface area contributed by atoms with Gasteiger partial charge in [-0.05, 0) is 0 Å². The molecule has 2 atom stereocenters. The Bertz CT molecular complexity index is 510. The molecule has 0 aliphatic heterocycles. The van der Waals surface area contributed by atoms with E-state index in [1.165, 1.54) is 6.92 Å². The monoisotopic (exact) mass is 312 g/mol. The molecule has 0 heterocycles. The van der Waals surface area contributed by atoms with Crippen molar-refractivity contribution in [3.8, 4) is 12.1 Å². The fourth-order valence-electron chi connectivity index (χ4n) is 1.04. The average Bonchev–Trinajstić information content (AvgIpc) is 2.34. The second-order valence-electron chi connectivity index (χ2n) is 3.77. The van der Waals surface area contributed by atoms with Crippen molar-refractivity contribution in [1.82, 2.24) is 0 Å². The Hall–Kier alpha value is -0.990. The highest BCUT2D eigenvalue weighted by Crippen LogP contribution is 2.47.